The summed E-state index contributed by atoms with van der Waals surface area (Å²) in [5.41, 5.74) is 1.25. The Hall–Kier alpha value is -1.81. The molecule has 3 rings (SSSR count). The lowest BCUT2D eigenvalue weighted by Crippen LogP contribution is -2.51. The Kier molecular flexibility index (Phi) is 4.55. The molecule has 112 valence electrons. The van der Waals surface area contributed by atoms with Gasteiger partial charge in [0, 0.05) is 25.6 Å². The van der Waals surface area contributed by atoms with E-state index < -0.39 is 0 Å². The minimum absolute atomic E-state index is 0.0464. The van der Waals surface area contributed by atoms with Crippen molar-refractivity contribution in [2.75, 3.05) is 19.7 Å². The fourth-order valence-electron chi connectivity index (χ4n) is 2.91. The molecule has 0 spiro atoms. The normalized spacial score (nSPS) is 22.5. The lowest BCUT2D eigenvalue weighted by Gasteiger charge is -2.33. The highest BCUT2D eigenvalue weighted by Crippen LogP contribution is 2.14. The molecule has 0 unspecified atom stereocenters. The highest BCUT2D eigenvalue weighted by Gasteiger charge is 2.25. The summed E-state index contributed by atoms with van der Waals surface area (Å²) < 4.78 is 5.80. The Bertz CT molecular complexity index is 493. The molecule has 1 aromatic rings. The number of nitrogens with one attached hydrogen (secondary N) is 1. The predicted octanol–water partition coefficient (Wildman–Crippen LogP) is 2.36. The van der Waals surface area contributed by atoms with Gasteiger partial charge in [0.15, 0.2) is 0 Å². The second kappa shape index (κ2) is 6.76. The molecule has 1 aliphatic carbocycles. The van der Waals surface area contributed by atoms with E-state index >= 15 is 0 Å². The van der Waals surface area contributed by atoms with Crippen LogP contribution in [0.25, 0.3) is 0 Å². The molecule has 0 aromatic heterocycles. The van der Waals surface area contributed by atoms with Crippen LogP contribution in [0.15, 0.2) is 42.5 Å². The molecule has 21 heavy (non-hydrogen) atoms. The average molecular weight is 286 g/mol. The average Bonchev–Trinajstić information content (AvgIpc) is 3.01. The lowest BCUT2D eigenvalue weighted by molar-refractivity contribution is -0.0135. The number of amides is 2. The Morgan fingerprint density at radius 1 is 1.24 bits per heavy atom. The number of rotatable bonds is 3. The minimum atomic E-state index is 0.0464. The predicted molar refractivity (Wildman–Crippen MR) is 82.2 cm³/mol. The van der Waals surface area contributed by atoms with Gasteiger partial charge in [0.2, 0.25) is 0 Å². The van der Waals surface area contributed by atoms with E-state index in [0.29, 0.717) is 19.7 Å². The molecular formula is C17H22N2O2. The number of carbonyl (C=O) groups excluding carboxylic acids is 1. The Labute approximate surface area is 125 Å². The van der Waals surface area contributed by atoms with E-state index in [-0.39, 0.29) is 18.2 Å². The van der Waals surface area contributed by atoms with Gasteiger partial charge in [0.1, 0.15) is 0 Å². The molecule has 4 heteroatoms. The third kappa shape index (κ3) is 3.85. The largest absolute Gasteiger partial charge is 0.374 e. The highest BCUT2D eigenvalue weighted by molar-refractivity contribution is 5.74. The quantitative estimate of drug-likeness (QED) is 0.867. The number of hydrogen-bond acceptors (Lipinski definition) is 2. The second-order valence-corrected chi connectivity index (χ2v) is 5.72. The Morgan fingerprint density at radius 3 is 2.76 bits per heavy atom. The van der Waals surface area contributed by atoms with Crippen molar-refractivity contribution in [2.24, 2.45) is 0 Å². The molecule has 2 amide bonds. The number of ether oxygens (including phenoxy) is 1. The van der Waals surface area contributed by atoms with Crippen molar-refractivity contribution in [1.29, 1.82) is 0 Å². The SMILES string of the molecule is O=C(NC1CC=CC1)N1CCO[C@H](Cc2ccccc2)C1. The van der Waals surface area contributed by atoms with Crippen molar-refractivity contribution in [1.82, 2.24) is 10.2 Å². The van der Waals surface area contributed by atoms with Crippen LogP contribution in [-0.4, -0.2) is 42.8 Å². The highest BCUT2D eigenvalue weighted by atomic mass is 16.5. The van der Waals surface area contributed by atoms with Crippen molar-refractivity contribution in [3.63, 3.8) is 0 Å². The monoisotopic (exact) mass is 286 g/mol. The van der Waals surface area contributed by atoms with Gasteiger partial charge in [-0.1, -0.05) is 42.5 Å². The Morgan fingerprint density at radius 2 is 2.00 bits per heavy atom. The van der Waals surface area contributed by atoms with E-state index in [1.54, 1.807) is 0 Å². The number of urea groups is 1. The maximum Gasteiger partial charge on any atom is 0.317 e. The van der Waals surface area contributed by atoms with E-state index in [1.165, 1.54) is 5.56 Å². The van der Waals surface area contributed by atoms with Gasteiger partial charge in [-0.3, -0.25) is 0 Å². The number of nitrogens with zero attached hydrogens (tertiary/aromatic N) is 1. The van der Waals surface area contributed by atoms with E-state index in [1.807, 2.05) is 23.1 Å². The van der Waals surface area contributed by atoms with Crippen molar-refractivity contribution >= 4 is 6.03 Å². The van der Waals surface area contributed by atoms with Crippen LogP contribution >= 0.6 is 0 Å². The first-order chi connectivity index (χ1) is 10.3. The molecule has 1 saturated heterocycles. The summed E-state index contributed by atoms with van der Waals surface area (Å²) in [5, 5.41) is 3.10. The molecule has 4 nitrogen and oxygen atoms in total. The summed E-state index contributed by atoms with van der Waals surface area (Å²) in [6.45, 7) is 1.96. The maximum absolute atomic E-state index is 12.3. The first-order valence-corrected chi connectivity index (χ1v) is 7.67. The van der Waals surface area contributed by atoms with Gasteiger partial charge in [-0.2, -0.15) is 0 Å². The summed E-state index contributed by atoms with van der Waals surface area (Å²) in [4.78, 5) is 14.2. The zero-order valence-corrected chi connectivity index (χ0v) is 12.2. The molecule has 0 bridgehead atoms. The topological polar surface area (TPSA) is 41.6 Å². The molecular weight excluding hydrogens is 264 g/mol. The van der Waals surface area contributed by atoms with Crippen LogP contribution in [0, 0.1) is 0 Å². The first kappa shape index (κ1) is 14.1. The molecule has 1 aromatic carbocycles. The first-order valence-electron chi connectivity index (χ1n) is 7.67. The summed E-state index contributed by atoms with van der Waals surface area (Å²) in [5.74, 6) is 0. The lowest BCUT2D eigenvalue weighted by atomic mass is 10.1. The van der Waals surface area contributed by atoms with Gasteiger partial charge in [0.05, 0.1) is 12.7 Å². The third-order valence-corrected chi connectivity index (χ3v) is 4.07. The maximum atomic E-state index is 12.3. The molecule has 1 aliphatic heterocycles. The van der Waals surface area contributed by atoms with Crippen LogP contribution in [-0.2, 0) is 11.2 Å². The van der Waals surface area contributed by atoms with Crippen LogP contribution in [0.3, 0.4) is 0 Å². The second-order valence-electron chi connectivity index (χ2n) is 5.72. The smallest absolute Gasteiger partial charge is 0.317 e. The standard InChI is InChI=1S/C17H22N2O2/c20-17(18-15-8-4-5-9-15)19-10-11-21-16(13-19)12-14-6-2-1-3-7-14/h1-7,15-16H,8-13H2,(H,18,20)/t16-/m1/s1. The van der Waals surface area contributed by atoms with Crippen LogP contribution < -0.4 is 5.32 Å². The summed E-state index contributed by atoms with van der Waals surface area (Å²) in [6, 6.07) is 10.6. The molecule has 2 aliphatic rings. The molecule has 0 saturated carbocycles. The number of hydrogen-bond donors (Lipinski definition) is 1. The van der Waals surface area contributed by atoms with Gasteiger partial charge in [-0.15, -0.1) is 0 Å². The van der Waals surface area contributed by atoms with E-state index in [9.17, 15) is 4.79 Å². The van der Waals surface area contributed by atoms with Gasteiger partial charge in [-0.25, -0.2) is 4.79 Å². The van der Waals surface area contributed by atoms with Gasteiger partial charge >= 0.3 is 6.03 Å². The minimum Gasteiger partial charge on any atom is -0.374 e. The number of carbonyl (C=O) groups is 1. The van der Waals surface area contributed by atoms with Crippen molar-refractivity contribution in [3.05, 3.63) is 48.0 Å². The number of benzene rings is 1. The van der Waals surface area contributed by atoms with Gasteiger partial charge in [0.25, 0.3) is 0 Å². The molecule has 1 heterocycles. The van der Waals surface area contributed by atoms with Gasteiger partial charge < -0.3 is 15.0 Å². The van der Waals surface area contributed by atoms with E-state index in [4.69, 9.17) is 4.74 Å². The summed E-state index contributed by atoms with van der Waals surface area (Å²) in [7, 11) is 0. The zero-order valence-electron chi connectivity index (χ0n) is 12.2. The summed E-state index contributed by atoms with van der Waals surface area (Å²) in [6.07, 6.45) is 7.10. The van der Waals surface area contributed by atoms with Crippen LogP contribution in [0.4, 0.5) is 4.79 Å². The van der Waals surface area contributed by atoms with Crippen molar-refractivity contribution in [2.45, 2.75) is 31.4 Å². The van der Waals surface area contributed by atoms with Gasteiger partial charge in [-0.05, 0) is 18.4 Å². The molecule has 1 atom stereocenters. The molecule has 0 radical (unpaired) electrons. The van der Waals surface area contributed by atoms with Crippen LogP contribution in [0.2, 0.25) is 0 Å². The van der Waals surface area contributed by atoms with E-state index in [2.05, 4.69) is 29.6 Å². The zero-order chi connectivity index (χ0) is 14.5. The summed E-state index contributed by atoms with van der Waals surface area (Å²) >= 11 is 0. The third-order valence-electron chi connectivity index (χ3n) is 4.07. The Balaban J connectivity index is 1.51. The van der Waals surface area contributed by atoms with Crippen molar-refractivity contribution in [3.8, 4) is 0 Å². The molecule has 1 N–H and O–H groups in total. The molecule has 1 fully saturated rings. The van der Waals surface area contributed by atoms with Crippen LogP contribution in [0.5, 0.6) is 0 Å². The van der Waals surface area contributed by atoms with E-state index in [0.717, 1.165) is 19.3 Å². The van der Waals surface area contributed by atoms with Crippen LogP contribution in [0.1, 0.15) is 18.4 Å². The van der Waals surface area contributed by atoms with Crippen molar-refractivity contribution < 1.29 is 9.53 Å². The fraction of sp³-hybridized carbons (Fsp3) is 0.471. The fourth-order valence-corrected chi connectivity index (χ4v) is 2.91. The number of morpholine rings is 1.